The van der Waals surface area contributed by atoms with E-state index in [1.165, 1.54) is 12.1 Å². The monoisotopic (exact) mass is 398 g/mol. The van der Waals surface area contributed by atoms with Gasteiger partial charge in [0.15, 0.2) is 0 Å². The lowest BCUT2D eigenvalue weighted by molar-refractivity contribution is -0.140. The molecule has 1 aliphatic rings. The van der Waals surface area contributed by atoms with Crippen molar-refractivity contribution >= 4 is 11.8 Å². The van der Waals surface area contributed by atoms with Crippen LogP contribution >= 0.6 is 0 Å². The van der Waals surface area contributed by atoms with Crippen molar-refractivity contribution in [1.29, 1.82) is 0 Å². The van der Waals surface area contributed by atoms with Crippen molar-refractivity contribution in [2.24, 2.45) is 5.41 Å². The van der Waals surface area contributed by atoms with Crippen molar-refractivity contribution < 1.29 is 18.7 Å². The summed E-state index contributed by atoms with van der Waals surface area (Å²) in [6, 6.07) is 13.5. The second-order valence-corrected chi connectivity index (χ2v) is 7.82. The van der Waals surface area contributed by atoms with Crippen LogP contribution in [0.15, 0.2) is 48.5 Å². The molecule has 0 spiro atoms. The van der Waals surface area contributed by atoms with E-state index in [1.54, 1.807) is 24.1 Å². The summed E-state index contributed by atoms with van der Waals surface area (Å²) in [6.07, 6.45) is 1.79. The van der Waals surface area contributed by atoms with Crippen LogP contribution in [0.4, 0.5) is 4.39 Å². The van der Waals surface area contributed by atoms with E-state index < -0.39 is 5.41 Å². The number of ether oxygens (including phenoxy) is 1. The van der Waals surface area contributed by atoms with Gasteiger partial charge in [-0.1, -0.05) is 24.3 Å². The quantitative estimate of drug-likeness (QED) is 0.812. The number of hydrogen-bond acceptors (Lipinski definition) is 3. The number of rotatable bonds is 6. The molecule has 6 heteroatoms. The second-order valence-electron chi connectivity index (χ2n) is 7.82. The zero-order valence-corrected chi connectivity index (χ0v) is 16.9. The molecule has 1 fully saturated rings. The SMILES string of the molecule is COc1cccc(CC(=O)N2CCCC(C)(C(=O)NCc3ccc(F)cc3)C2)c1. The topological polar surface area (TPSA) is 58.6 Å². The van der Waals surface area contributed by atoms with E-state index in [0.717, 1.165) is 29.7 Å². The van der Waals surface area contributed by atoms with Crippen LogP contribution in [0.2, 0.25) is 0 Å². The van der Waals surface area contributed by atoms with Gasteiger partial charge in [0.25, 0.3) is 0 Å². The van der Waals surface area contributed by atoms with Crippen molar-refractivity contribution in [1.82, 2.24) is 10.2 Å². The van der Waals surface area contributed by atoms with E-state index in [2.05, 4.69) is 5.32 Å². The highest BCUT2D eigenvalue weighted by molar-refractivity contribution is 5.84. The first-order valence-corrected chi connectivity index (χ1v) is 9.83. The van der Waals surface area contributed by atoms with Gasteiger partial charge in [-0.05, 0) is 55.2 Å². The van der Waals surface area contributed by atoms with Gasteiger partial charge in [-0.3, -0.25) is 9.59 Å². The molecule has 154 valence electrons. The van der Waals surface area contributed by atoms with Crippen molar-refractivity contribution in [3.05, 3.63) is 65.5 Å². The first-order chi connectivity index (χ1) is 13.9. The minimum Gasteiger partial charge on any atom is -0.497 e. The van der Waals surface area contributed by atoms with Crippen LogP contribution in [0.1, 0.15) is 30.9 Å². The fourth-order valence-electron chi connectivity index (χ4n) is 3.70. The molecule has 1 aliphatic heterocycles. The van der Waals surface area contributed by atoms with Crippen LogP contribution in [0.3, 0.4) is 0 Å². The van der Waals surface area contributed by atoms with Crippen molar-refractivity contribution in [3.8, 4) is 5.75 Å². The summed E-state index contributed by atoms with van der Waals surface area (Å²) in [7, 11) is 1.60. The van der Waals surface area contributed by atoms with Gasteiger partial charge in [-0.15, -0.1) is 0 Å². The molecule has 29 heavy (non-hydrogen) atoms. The number of methoxy groups -OCH3 is 1. The predicted molar refractivity (Wildman–Crippen MR) is 109 cm³/mol. The first kappa shape index (κ1) is 20.8. The Bertz CT molecular complexity index is 869. The summed E-state index contributed by atoms with van der Waals surface area (Å²) >= 11 is 0. The Morgan fingerprint density at radius 2 is 1.93 bits per heavy atom. The fourth-order valence-corrected chi connectivity index (χ4v) is 3.70. The van der Waals surface area contributed by atoms with Crippen molar-refractivity contribution in [2.75, 3.05) is 20.2 Å². The molecule has 0 aromatic heterocycles. The minimum absolute atomic E-state index is 0.00973. The van der Waals surface area contributed by atoms with Crippen LogP contribution in [0, 0.1) is 11.2 Å². The number of nitrogens with zero attached hydrogens (tertiary/aromatic N) is 1. The van der Waals surface area contributed by atoms with Crippen LogP contribution < -0.4 is 10.1 Å². The van der Waals surface area contributed by atoms with Crippen molar-refractivity contribution in [2.45, 2.75) is 32.7 Å². The molecule has 0 radical (unpaired) electrons. The molecule has 2 amide bonds. The Morgan fingerprint density at radius 1 is 1.17 bits per heavy atom. The van der Waals surface area contributed by atoms with Crippen LogP contribution in [-0.2, 0) is 22.6 Å². The van der Waals surface area contributed by atoms with Crippen LogP contribution in [0.5, 0.6) is 5.75 Å². The van der Waals surface area contributed by atoms with Gasteiger partial charge in [0.05, 0.1) is 18.9 Å². The number of carbonyl (C=O) groups excluding carboxylic acids is 2. The predicted octanol–water partition coefficient (Wildman–Crippen LogP) is 3.32. The molecule has 1 unspecified atom stereocenters. The largest absolute Gasteiger partial charge is 0.497 e. The standard InChI is InChI=1S/C23H27FN2O3/c1-23(22(28)25-15-17-7-9-19(24)10-8-17)11-4-12-26(16-23)21(27)14-18-5-3-6-20(13-18)29-2/h3,5-10,13H,4,11-12,14-16H2,1-2H3,(H,25,28). The molecule has 2 aromatic rings. The molecular formula is C23H27FN2O3. The molecule has 1 heterocycles. The number of likely N-dealkylation sites (tertiary alicyclic amines) is 1. The molecule has 0 bridgehead atoms. The van der Waals surface area contributed by atoms with E-state index in [4.69, 9.17) is 4.74 Å². The zero-order chi connectivity index (χ0) is 20.9. The lowest BCUT2D eigenvalue weighted by Gasteiger charge is -2.39. The molecule has 0 aliphatic carbocycles. The van der Waals surface area contributed by atoms with E-state index in [-0.39, 0.29) is 24.1 Å². The molecule has 1 atom stereocenters. The average molecular weight is 398 g/mol. The summed E-state index contributed by atoms with van der Waals surface area (Å²) < 4.78 is 18.2. The molecule has 1 saturated heterocycles. The number of piperidine rings is 1. The summed E-state index contributed by atoms with van der Waals surface area (Å²) in [6.45, 7) is 3.29. The smallest absolute Gasteiger partial charge is 0.227 e. The van der Waals surface area contributed by atoms with Crippen LogP contribution in [0.25, 0.3) is 0 Å². The Morgan fingerprint density at radius 3 is 2.66 bits per heavy atom. The Kier molecular flexibility index (Phi) is 6.52. The number of halogens is 1. The molecule has 0 saturated carbocycles. The first-order valence-electron chi connectivity index (χ1n) is 9.83. The van der Waals surface area contributed by atoms with Crippen molar-refractivity contribution in [3.63, 3.8) is 0 Å². The average Bonchev–Trinajstić information content (AvgIpc) is 2.73. The number of benzene rings is 2. The summed E-state index contributed by atoms with van der Waals surface area (Å²) in [5.41, 5.74) is 1.09. The van der Waals surface area contributed by atoms with Crippen LogP contribution in [-0.4, -0.2) is 36.9 Å². The van der Waals surface area contributed by atoms with Gasteiger partial charge >= 0.3 is 0 Å². The highest BCUT2D eigenvalue weighted by Gasteiger charge is 2.39. The third-order valence-corrected chi connectivity index (χ3v) is 5.45. The second kappa shape index (κ2) is 9.07. The third-order valence-electron chi connectivity index (χ3n) is 5.45. The maximum Gasteiger partial charge on any atom is 0.227 e. The lowest BCUT2D eigenvalue weighted by atomic mass is 9.80. The number of hydrogen-bond donors (Lipinski definition) is 1. The Labute approximate surface area is 170 Å². The summed E-state index contributed by atoms with van der Waals surface area (Å²) in [4.78, 5) is 27.4. The summed E-state index contributed by atoms with van der Waals surface area (Å²) in [5.74, 6) is 0.347. The van der Waals surface area contributed by atoms with E-state index in [9.17, 15) is 14.0 Å². The van der Waals surface area contributed by atoms with Gasteiger partial charge in [0, 0.05) is 19.6 Å². The van der Waals surface area contributed by atoms with E-state index in [0.29, 0.717) is 19.6 Å². The number of amides is 2. The van der Waals surface area contributed by atoms with E-state index >= 15 is 0 Å². The molecule has 5 nitrogen and oxygen atoms in total. The fraction of sp³-hybridized carbons (Fsp3) is 0.391. The van der Waals surface area contributed by atoms with Gasteiger partial charge in [-0.25, -0.2) is 4.39 Å². The summed E-state index contributed by atoms with van der Waals surface area (Å²) in [5, 5.41) is 2.94. The highest BCUT2D eigenvalue weighted by atomic mass is 19.1. The number of nitrogens with one attached hydrogen (secondary N) is 1. The van der Waals surface area contributed by atoms with Gasteiger partial charge in [0.2, 0.25) is 11.8 Å². The number of carbonyl (C=O) groups is 2. The third kappa shape index (κ3) is 5.34. The maximum atomic E-state index is 13.0. The Hall–Kier alpha value is -2.89. The molecule has 2 aromatic carbocycles. The minimum atomic E-state index is -0.637. The molecule has 1 N–H and O–H groups in total. The zero-order valence-electron chi connectivity index (χ0n) is 16.9. The van der Waals surface area contributed by atoms with Gasteiger partial charge in [-0.2, -0.15) is 0 Å². The highest BCUT2D eigenvalue weighted by Crippen LogP contribution is 2.30. The Balaban J connectivity index is 1.59. The van der Waals surface area contributed by atoms with Gasteiger partial charge in [0.1, 0.15) is 11.6 Å². The van der Waals surface area contributed by atoms with Gasteiger partial charge < -0.3 is 15.0 Å². The van der Waals surface area contributed by atoms with E-state index in [1.807, 2.05) is 31.2 Å². The maximum absolute atomic E-state index is 13.0. The molecule has 3 rings (SSSR count). The normalized spacial score (nSPS) is 18.9. The lowest BCUT2D eigenvalue weighted by Crippen LogP contribution is -2.52. The molecular weight excluding hydrogens is 371 g/mol.